The van der Waals surface area contributed by atoms with Crippen molar-refractivity contribution in [3.8, 4) is 0 Å². The van der Waals surface area contributed by atoms with Gasteiger partial charge >= 0.3 is 0 Å². The molecule has 2 fully saturated rings. The predicted molar refractivity (Wildman–Crippen MR) is 67.3 cm³/mol. The Morgan fingerprint density at radius 2 is 2.18 bits per heavy atom. The molecule has 1 N–H and O–H groups in total. The first-order valence-corrected chi connectivity index (χ1v) is 6.96. The predicted octanol–water partition coefficient (Wildman–Crippen LogP) is 2.97. The third kappa shape index (κ3) is 1.23. The molecule has 1 saturated carbocycles. The molecule has 0 aromatic rings. The molecule has 1 saturated heterocycles. The van der Waals surface area contributed by atoms with Crippen molar-refractivity contribution in [1.82, 2.24) is 0 Å². The molecule has 0 spiro atoms. The van der Waals surface area contributed by atoms with Crippen LogP contribution in [0, 0.1) is 29.1 Å². The molecule has 96 valence electrons. The number of rotatable bonds is 1. The van der Waals surface area contributed by atoms with Gasteiger partial charge in [0.05, 0.1) is 6.61 Å². The summed E-state index contributed by atoms with van der Waals surface area (Å²) in [6.45, 7) is 9.66. The van der Waals surface area contributed by atoms with Crippen LogP contribution < -0.4 is 0 Å². The minimum absolute atomic E-state index is 0.0508. The lowest BCUT2D eigenvalue weighted by Crippen LogP contribution is -2.48. The van der Waals surface area contributed by atoms with Crippen LogP contribution in [0.4, 0.5) is 0 Å². The van der Waals surface area contributed by atoms with Gasteiger partial charge in [0.15, 0.2) is 5.79 Å². The molecule has 2 heteroatoms. The molecule has 3 rings (SSSR count). The average molecular weight is 236 g/mol. The van der Waals surface area contributed by atoms with E-state index in [9.17, 15) is 5.11 Å². The van der Waals surface area contributed by atoms with Crippen LogP contribution >= 0.6 is 0 Å². The third-order valence-corrected chi connectivity index (χ3v) is 5.81. The Labute approximate surface area is 104 Å². The number of ether oxygens (including phenoxy) is 1. The Balaban J connectivity index is 2.05. The molecular formula is C15H24O2. The highest BCUT2D eigenvalue weighted by molar-refractivity contribution is 5.25. The molecule has 2 aliphatic carbocycles. The van der Waals surface area contributed by atoms with Gasteiger partial charge < -0.3 is 9.84 Å². The summed E-state index contributed by atoms with van der Waals surface area (Å²) in [5.41, 5.74) is 1.52. The highest BCUT2D eigenvalue weighted by atomic mass is 16.6. The van der Waals surface area contributed by atoms with E-state index in [4.69, 9.17) is 4.74 Å². The van der Waals surface area contributed by atoms with E-state index in [1.165, 1.54) is 0 Å². The molecule has 5 atom stereocenters. The van der Waals surface area contributed by atoms with Gasteiger partial charge in [-0.05, 0) is 30.6 Å². The first kappa shape index (κ1) is 11.7. The highest BCUT2D eigenvalue weighted by Gasteiger charge is 2.68. The molecule has 2 nitrogen and oxygen atoms in total. The topological polar surface area (TPSA) is 29.5 Å². The molecular weight excluding hydrogens is 212 g/mol. The van der Waals surface area contributed by atoms with Gasteiger partial charge in [0.2, 0.25) is 0 Å². The fourth-order valence-corrected chi connectivity index (χ4v) is 4.43. The molecule has 0 amide bonds. The summed E-state index contributed by atoms with van der Waals surface area (Å²) in [6, 6.07) is 0. The van der Waals surface area contributed by atoms with Gasteiger partial charge in [0.25, 0.3) is 0 Å². The van der Waals surface area contributed by atoms with Crippen LogP contribution in [0.2, 0.25) is 0 Å². The minimum atomic E-state index is -0.874. The second-order valence-corrected chi connectivity index (χ2v) is 6.83. The summed E-state index contributed by atoms with van der Waals surface area (Å²) in [4.78, 5) is 0. The molecule has 1 heterocycles. The molecule has 0 bridgehead atoms. The van der Waals surface area contributed by atoms with Gasteiger partial charge in [-0.2, -0.15) is 0 Å². The normalized spacial score (nSPS) is 52.8. The van der Waals surface area contributed by atoms with Crippen LogP contribution in [0.15, 0.2) is 11.6 Å². The maximum atomic E-state index is 10.8. The minimum Gasteiger partial charge on any atom is -0.365 e. The third-order valence-electron chi connectivity index (χ3n) is 5.81. The Kier molecular flexibility index (Phi) is 2.32. The summed E-state index contributed by atoms with van der Waals surface area (Å²) in [7, 11) is 0. The summed E-state index contributed by atoms with van der Waals surface area (Å²) >= 11 is 0. The summed E-state index contributed by atoms with van der Waals surface area (Å²) < 4.78 is 5.84. The van der Waals surface area contributed by atoms with Crippen molar-refractivity contribution in [2.24, 2.45) is 29.1 Å². The summed E-state index contributed by atoms with van der Waals surface area (Å²) in [5.74, 6) is 1.02. The lowest BCUT2D eigenvalue weighted by atomic mass is 9.62. The van der Waals surface area contributed by atoms with Gasteiger partial charge in [-0.1, -0.05) is 39.3 Å². The van der Waals surface area contributed by atoms with Crippen LogP contribution in [0.1, 0.15) is 40.5 Å². The number of allylic oxidation sites excluding steroid dienone is 2. The fraction of sp³-hybridized carbons (Fsp3) is 0.867. The molecule has 0 aromatic carbocycles. The van der Waals surface area contributed by atoms with E-state index in [0.717, 1.165) is 19.4 Å². The molecule has 0 radical (unpaired) electrons. The first-order chi connectivity index (χ1) is 7.89. The zero-order valence-corrected chi connectivity index (χ0v) is 11.4. The second kappa shape index (κ2) is 3.36. The van der Waals surface area contributed by atoms with E-state index in [1.807, 2.05) is 0 Å². The van der Waals surface area contributed by atoms with Gasteiger partial charge in [-0.15, -0.1) is 0 Å². The molecule has 17 heavy (non-hydrogen) atoms. The van der Waals surface area contributed by atoms with Gasteiger partial charge in [0, 0.05) is 11.3 Å². The SMILES string of the molecule is CC(C)C1=C[C@@H]2CC(C)[C@]3(O)OC[C@H](C1)[C@]23C. The molecule has 3 aliphatic rings. The van der Waals surface area contributed by atoms with Crippen molar-refractivity contribution in [2.45, 2.75) is 46.3 Å². The van der Waals surface area contributed by atoms with Crippen LogP contribution in [-0.4, -0.2) is 17.5 Å². The van der Waals surface area contributed by atoms with Crippen molar-refractivity contribution in [3.63, 3.8) is 0 Å². The Morgan fingerprint density at radius 1 is 1.47 bits per heavy atom. The summed E-state index contributed by atoms with van der Waals surface area (Å²) in [5, 5.41) is 10.8. The van der Waals surface area contributed by atoms with E-state index < -0.39 is 5.79 Å². The van der Waals surface area contributed by atoms with Crippen LogP contribution in [0.5, 0.6) is 0 Å². The van der Waals surface area contributed by atoms with Gasteiger partial charge in [0.1, 0.15) is 0 Å². The summed E-state index contributed by atoms with van der Waals surface area (Å²) in [6.07, 6.45) is 4.63. The average Bonchev–Trinajstić information content (AvgIpc) is 2.64. The molecule has 0 aromatic heterocycles. The molecule has 1 unspecified atom stereocenters. The highest BCUT2D eigenvalue weighted by Crippen LogP contribution is 2.65. The van der Waals surface area contributed by atoms with Crippen LogP contribution in [-0.2, 0) is 4.74 Å². The second-order valence-electron chi connectivity index (χ2n) is 6.83. The van der Waals surface area contributed by atoms with E-state index in [0.29, 0.717) is 17.8 Å². The van der Waals surface area contributed by atoms with Crippen molar-refractivity contribution in [3.05, 3.63) is 11.6 Å². The van der Waals surface area contributed by atoms with E-state index in [1.54, 1.807) is 5.57 Å². The fourth-order valence-electron chi connectivity index (χ4n) is 4.43. The zero-order chi connectivity index (χ0) is 12.4. The maximum absolute atomic E-state index is 10.8. The number of hydrogen-bond acceptors (Lipinski definition) is 2. The van der Waals surface area contributed by atoms with Crippen LogP contribution in [0.3, 0.4) is 0 Å². The lowest BCUT2D eigenvalue weighted by Gasteiger charge is -2.43. The molecule has 1 aliphatic heterocycles. The van der Waals surface area contributed by atoms with E-state index in [2.05, 4.69) is 33.8 Å². The smallest absolute Gasteiger partial charge is 0.174 e. The Morgan fingerprint density at radius 3 is 2.82 bits per heavy atom. The number of aliphatic hydroxyl groups is 1. The maximum Gasteiger partial charge on any atom is 0.174 e. The van der Waals surface area contributed by atoms with Gasteiger partial charge in [-0.3, -0.25) is 0 Å². The van der Waals surface area contributed by atoms with Crippen molar-refractivity contribution < 1.29 is 9.84 Å². The van der Waals surface area contributed by atoms with Gasteiger partial charge in [-0.25, -0.2) is 0 Å². The Bertz CT molecular complexity index is 373. The zero-order valence-electron chi connectivity index (χ0n) is 11.4. The first-order valence-electron chi connectivity index (χ1n) is 6.96. The van der Waals surface area contributed by atoms with E-state index >= 15 is 0 Å². The quantitative estimate of drug-likeness (QED) is 0.709. The van der Waals surface area contributed by atoms with Crippen molar-refractivity contribution >= 4 is 0 Å². The van der Waals surface area contributed by atoms with Crippen LogP contribution in [0.25, 0.3) is 0 Å². The largest absolute Gasteiger partial charge is 0.365 e. The van der Waals surface area contributed by atoms with E-state index in [-0.39, 0.29) is 11.3 Å². The lowest BCUT2D eigenvalue weighted by molar-refractivity contribution is -0.236. The Hall–Kier alpha value is -0.340. The van der Waals surface area contributed by atoms with Crippen molar-refractivity contribution in [2.75, 3.05) is 6.61 Å². The monoisotopic (exact) mass is 236 g/mol. The number of hydrogen-bond donors (Lipinski definition) is 1. The standard InChI is InChI=1S/C15H24O2/c1-9(2)11-6-12-5-10(3)15(16)14(12,4)13(7-11)8-17-15/h6,9-10,12-13,16H,5,7-8H2,1-4H3/t10?,12-,13-,14-,15-/m0/s1. The van der Waals surface area contributed by atoms with Crippen molar-refractivity contribution in [1.29, 1.82) is 0 Å².